The van der Waals surface area contributed by atoms with E-state index < -0.39 is 4.92 Å². The Bertz CT molecular complexity index is 1440. The van der Waals surface area contributed by atoms with Crippen LogP contribution in [0.5, 0.6) is 23.0 Å². The molecule has 0 bridgehead atoms. The topological polar surface area (TPSA) is 87.0 Å². The third-order valence-electron chi connectivity index (χ3n) is 6.04. The lowest BCUT2D eigenvalue weighted by atomic mass is 10.0. The predicted octanol–water partition coefficient (Wildman–Crippen LogP) is 6.69. The molecular formula is C26H22ClN3O5. The average molecular weight is 492 g/mol. The number of halogens is 1. The molecule has 3 aromatic carbocycles. The first-order valence-corrected chi connectivity index (χ1v) is 11.4. The van der Waals surface area contributed by atoms with Crippen LogP contribution in [0.25, 0.3) is 10.9 Å². The van der Waals surface area contributed by atoms with Crippen molar-refractivity contribution in [3.63, 3.8) is 0 Å². The number of non-ortho nitro benzene ring substituents is 1. The van der Waals surface area contributed by atoms with Crippen LogP contribution < -0.4 is 19.1 Å². The van der Waals surface area contributed by atoms with Crippen molar-refractivity contribution in [2.75, 3.05) is 25.7 Å². The fourth-order valence-corrected chi connectivity index (χ4v) is 4.66. The molecule has 5 rings (SSSR count). The Balaban J connectivity index is 1.48. The molecule has 0 unspecified atom stereocenters. The van der Waals surface area contributed by atoms with E-state index >= 15 is 0 Å². The number of ether oxygens (including phenoxy) is 3. The number of aryl methyl sites for hydroxylation is 1. The second kappa shape index (κ2) is 9.31. The van der Waals surface area contributed by atoms with Crippen LogP contribution in [0.15, 0.2) is 60.8 Å². The predicted molar refractivity (Wildman–Crippen MR) is 135 cm³/mol. The van der Waals surface area contributed by atoms with Gasteiger partial charge in [0.05, 0.1) is 35.4 Å². The fraction of sp³-hybridized carbons (Fsp3) is 0.192. The van der Waals surface area contributed by atoms with Gasteiger partial charge in [-0.15, -0.1) is 0 Å². The zero-order valence-corrected chi connectivity index (χ0v) is 19.9. The molecule has 1 aliphatic heterocycles. The molecule has 0 radical (unpaired) electrons. The third-order valence-corrected chi connectivity index (χ3v) is 6.34. The van der Waals surface area contributed by atoms with Crippen LogP contribution in [-0.2, 0) is 6.42 Å². The minimum absolute atomic E-state index is 0.0291. The van der Waals surface area contributed by atoms with Gasteiger partial charge in [-0.1, -0.05) is 11.6 Å². The zero-order valence-electron chi connectivity index (χ0n) is 19.2. The second-order valence-corrected chi connectivity index (χ2v) is 8.48. The van der Waals surface area contributed by atoms with Gasteiger partial charge in [0.1, 0.15) is 11.5 Å². The minimum atomic E-state index is -0.447. The molecule has 178 valence electrons. The molecule has 0 fully saturated rings. The van der Waals surface area contributed by atoms with E-state index in [4.69, 9.17) is 25.8 Å². The molecule has 0 atom stereocenters. The van der Waals surface area contributed by atoms with Gasteiger partial charge >= 0.3 is 0 Å². The lowest BCUT2D eigenvalue weighted by Crippen LogP contribution is -2.24. The van der Waals surface area contributed by atoms with Crippen molar-refractivity contribution in [3.8, 4) is 23.0 Å². The zero-order chi connectivity index (χ0) is 24.5. The minimum Gasteiger partial charge on any atom is -0.493 e. The van der Waals surface area contributed by atoms with Crippen LogP contribution in [-0.4, -0.2) is 30.7 Å². The largest absolute Gasteiger partial charge is 0.493 e. The number of methoxy groups -OCH3 is 2. The first kappa shape index (κ1) is 22.7. The van der Waals surface area contributed by atoms with Crippen molar-refractivity contribution in [3.05, 3.63) is 81.5 Å². The summed E-state index contributed by atoms with van der Waals surface area (Å²) in [4.78, 5) is 17.2. The third kappa shape index (κ3) is 4.28. The van der Waals surface area contributed by atoms with E-state index in [2.05, 4.69) is 9.88 Å². The number of nitrogens with zero attached hydrogens (tertiary/aromatic N) is 3. The van der Waals surface area contributed by atoms with Crippen molar-refractivity contribution in [1.29, 1.82) is 0 Å². The highest BCUT2D eigenvalue weighted by Crippen LogP contribution is 2.41. The van der Waals surface area contributed by atoms with E-state index in [9.17, 15) is 10.1 Å². The molecule has 0 saturated carbocycles. The van der Waals surface area contributed by atoms with Gasteiger partial charge in [0.2, 0.25) is 0 Å². The van der Waals surface area contributed by atoms with E-state index in [0.717, 1.165) is 47.2 Å². The molecule has 1 aromatic heterocycles. The Hall–Kier alpha value is -4.04. The molecule has 0 spiro atoms. The van der Waals surface area contributed by atoms with Gasteiger partial charge in [0.25, 0.3) is 5.69 Å². The number of pyridine rings is 1. The summed E-state index contributed by atoms with van der Waals surface area (Å²) >= 11 is 6.42. The van der Waals surface area contributed by atoms with Crippen LogP contribution >= 0.6 is 11.6 Å². The van der Waals surface area contributed by atoms with Gasteiger partial charge in [-0.05, 0) is 54.8 Å². The molecular weight excluding hydrogens is 470 g/mol. The van der Waals surface area contributed by atoms with Gasteiger partial charge in [-0.2, -0.15) is 0 Å². The van der Waals surface area contributed by atoms with Crippen molar-refractivity contribution < 1.29 is 19.1 Å². The van der Waals surface area contributed by atoms with Gasteiger partial charge in [-0.3, -0.25) is 15.1 Å². The Morgan fingerprint density at radius 3 is 2.49 bits per heavy atom. The summed E-state index contributed by atoms with van der Waals surface area (Å²) in [5.41, 5.74) is 3.56. The van der Waals surface area contributed by atoms with Gasteiger partial charge in [-0.25, -0.2) is 0 Å². The first-order valence-electron chi connectivity index (χ1n) is 11.0. The molecule has 35 heavy (non-hydrogen) atoms. The molecule has 9 heteroatoms. The van der Waals surface area contributed by atoms with E-state index in [0.29, 0.717) is 28.0 Å². The highest BCUT2D eigenvalue weighted by atomic mass is 35.5. The van der Waals surface area contributed by atoms with Crippen molar-refractivity contribution in [1.82, 2.24) is 4.98 Å². The summed E-state index contributed by atoms with van der Waals surface area (Å²) in [6, 6.07) is 16.0. The number of hydrogen-bond acceptors (Lipinski definition) is 7. The Kier molecular flexibility index (Phi) is 6.05. The maximum absolute atomic E-state index is 11.1. The number of nitro benzene ring substituents is 1. The molecule has 0 saturated heterocycles. The summed E-state index contributed by atoms with van der Waals surface area (Å²) in [5.74, 6) is 2.55. The number of benzene rings is 3. The number of aromatic nitrogens is 1. The molecule has 0 aliphatic carbocycles. The van der Waals surface area contributed by atoms with E-state index in [1.165, 1.54) is 12.1 Å². The summed E-state index contributed by atoms with van der Waals surface area (Å²) in [7, 11) is 3.18. The van der Waals surface area contributed by atoms with E-state index in [1.54, 1.807) is 26.5 Å². The van der Waals surface area contributed by atoms with Crippen molar-refractivity contribution in [2.45, 2.75) is 12.8 Å². The lowest BCUT2D eigenvalue weighted by molar-refractivity contribution is -0.384. The molecule has 8 nitrogen and oxygen atoms in total. The highest BCUT2D eigenvalue weighted by Gasteiger charge is 2.22. The summed E-state index contributed by atoms with van der Waals surface area (Å²) < 4.78 is 17.1. The second-order valence-electron chi connectivity index (χ2n) is 8.07. The lowest BCUT2D eigenvalue weighted by Gasteiger charge is -2.32. The number of fused-ring (bicyclic) bond motifs is 2. The number of rotatable bonds is 6. The number of hydrogen-bond donors (Lipinski definition) is 0. The maximum Gasteiger partial charge on any atom is 0.271 e. The molecule has 0 N–H and O–H groups in total. The molecule has 1 aliphatic rings. The van der Waals surface area contributed by atoms with Crippen molar-refractivity contribution >= 4 is 39.6 Å². The highest BCUT2D eigenvalue weighted by molar-refractivity contribution is 6.33. The van der Waals surface area contributed by atoms with E-state index in [-0.39, 0.29) is 5.69 Å². The van der Waals surface area contributed by atoms with Gasteiger partial charge < -0.3 is 19.1 Å². The molecule has 2 heterocycles. The van der Waals surface area contributed by atoms with E-state index in [1.807, 2.05) is 36.4 Å². The van der Waals surface area contributed by atoms with Crippen LogP contribution in [0.4, 0.5) is 17.1 Å². The first-order chi connectivity index (χ1) is 17.0. The van der Waals surface area contributed by atoms with Crippen LogP contribution in [0, 0.1) is 10.1 Å². The Morgan fingerprint density at radius 2 is 1.74 bits per heavy atom. The Morgan fingerprint density at radius 1 is 0.971 bits per heavy atom. The van der Waals surface area contributed by atoms with Gasteiger partial charge in [0, 0.05) is 42.0 Å². The van der Waals surface area contributed by atoms with Crippen LogP contribution in [0.2, 0.25) is 5.02 Å². The summed E-state index contributed by atoms with van der Waals surface area (Å²) in [6.07, 6.45) is 3.50. The standard InChI is InChI=1S/C26H22ClN3O5/c1-33-25-14-19-21(15-26(25)34-2)28-10-9-24(19)35-18-6-8-22-16(12-18)4-3-11-29(22)23-7-5-17(30(31)32)13-20(23)27/h5-10,12-15H,3-4,11H2,1-2H3. The SMILES string of the molecule is COc1cc2nccc(Oc3ccc4c(c3)CCCN4c3ccc([N+](=O)[O-])cc3Cl)c2cc1OC. The number of anilines is 2. The number of nitro groups is 1. The quantitative estimate of drug-likeness (QED) is 0.219. The van der Waals surface area contributed by atoms with Crippen LogP contribution in [0.3, 0.4) is 0 Å². The summed E-state index contributed by atoms with van der Waals surface area (Å²) in [6.45, 7) is 0.765. The monoisotopic (exact) mass is 491 g/mol. The van der Waals surface area contributed by atoms with Gasteiger partial charge in [0.15, 0.2) is 11.5 Å². The normalized spacial score (nSPS) is 12.8. The summed E-state index contributed by atoms with van der Waals surface area (Å²) in [5, 5.41) is 12.2. The maximum atomic E-state index is 11.1. The Labute approximate surface area is 206 Å². The fourth-order valence-electron chi connectivity index (χ4n) is 4.38. The average Bonchev–Trinajstić information content (AvgIpc) is 2.87. The smallest absolute Gasteiger partial charge is 0.271 e. The van der Waals surface area contributed by atoms with Crippen LogP contribution in [0.1, 0.15) is 12.0 Å². The van der Waals surface area contributed by atoms with Crippen molar-refractivity contribution in [2.24, 2.45) is 0 Å². The molecule has 0 amide bonds. The molecule has 4 aromatic rings.